The van der Waals surface area contributed by atoms with Gasteiger partial charge in [-0.3, -0.25) is 4.79 Å². The van der Waals surface area contributed by atoms with Crippen LogP contribution in [0, 0.1) is 0 Å². The molecule has 0 spiro atoms. The monoisotopic (exact) mass is 292 g/mol. The Morgan fingerprint density at radius 3 is 2.52 bits per heavy atom. The summed E-state index contributed by atoms with van der Waals surface area (Å²) in [5, 5.41) is 5.96. The average Bonchev–Trinajstić information content (AvgIpc) is 2.43. The van der Waals surface area contributed by atoms with E-state index < -0.39 is 5.97 Å². The number of hydrogen-bond acceptors (Lipinski definition) is 6. The van der Waals surface area contributed by atoms with Crippen molar-refractivity contribution in [2.24, 2.45) is 10.9 Å². The normalized spacial score (nSPS) is 10.9. The molecule has 8 heteroatoms. The van der Waals surface area contributed by atoms with Gasteiger partial charge in [0.2, 0.25) is 5.91 Å². The number of nitrogens with two attached hydrogens (primary N) is 1. The number of aromatic nitrogens is 1. The molecule has 0 bridgehead atoms. The molecule has 0 aliphatic heterocycles. The molecule has 0 fully saturated rings. The van der Waals surface area contributed by atoms with Crippen molar-refractivity contribution in [3.05, 3.63) is 23.9 Å². The van der Waals surface area contributed by atoms with Crippen LogP contribution in [0.25, 0.3) is 0 Å². The predicted octanol–water partition coefficient (Wildman–Crippen LogP) is 0.573. The lowest BCUT2D eigenvalue weighted by Gasteiger charge is -2.04. The molecule has 3 N–H and O–H groups in total. The van der Waals surface area contributed by atoms with E-state index in [1.807, 2.05) is 0 Å². The number of nitrogens with zero attached hydrogens (tertiary/aromatic N) is 2. The van der Waals surface area contributed by atoms with Crippen LogP contribution < -0.4 is 11.1 Å². The number of pyridine rings is 1. The van der Waals surface area contributed by atoms with Crippen LogP contribution in [0.5, 0.6) is 0 Å². The number of nitrogens with one attached hydrogen (secondary N) is 1. The zero-order chi connectivity index (χ0) is 15.8. The van der Waals surface area contributed by atoms with Crippen molar-refractivity contribution in [3.8, 4) is 0 Å². The Bertz CT molecular complexity index is 566. The van der Waals surface area contributed by atoms with Gasteiger partial charge in [0.15, 0.2) is 5.84 Å². The zero-order valence-electron chi connectivity index (χ0n) is 11.8. The lowest BCUT2D eigenvalue weighted by Crippen LogP contribution is -2.16. The molecular weight excluding hydrogens is 276 g/mol. The minimum absolute atomic E-state index is 0.00726. The average molecular weight is 292 g/mol. The SMILES string of the molecule is CC(=O)CCC(=O)Nc1ccc(/C(N)=N/OC(C)=O)cn1. The van der Waals surface area contributed by atoms with Crippen LogP contribution in [-0.2, 0) is 19.2 Å². The summed E-state index contributed by atoms with van der Waals surface area (Å²) in [6.45, 7) is 2.63. The minimum Gasteiger partial charge on any atom is -0.380 e. The third-order valence-corrected chi connectivity index (χ3v) is 2.30. The molecule has 1 aromatic rings. The maximum absolute atomic E-state index is 11.5. The molecule has 0 aromatic carbocycles. The van der Waals surface area contributed by atoms with Crippen LogP contribution in [0.1, 0.15) is 32.3 Å². The molecule has 0 unspecified atom stereocenters. The van der Waals surface area contributed by atoms with E-state index >= 15 is 0 Å². The Hall–Kier alpha value is -2.77. The molecule has 0 aliphatic rings. The Kier molecular flexibility index (Phi) is 5.99. The van der Waals surface area contributed by atoms with Crippen LogP contribution in [-0.4, -0.2) is 28.5 Å². The van der Waals surface area contributed by atoms with Gasteiger partial charge in [-0.2, -0.15) is 0 Å². The molecule has 0 radical (unpaired) electrons. The first-order valence-electron chi connectivity index (χ1n) is 6.15. The second-order valence-corrected chi connectivity index (χ2v) is 4.24. The van der Waals surface area contributed by atoms with Gasteiger partial charge < -0.3 is 20.7 Å². The van der Waals surface area contributed by atoms with Gasteiger partial charge in [-0.1, -0.05) is 5.16 Å². The van der Waals surface area contributed by atoms with E-state index in [1.54, 1.807) is 6.07 Å². The number of Topliss-reactive ketones (excluding diaryl/α,β-unsaturated/α-hetero) is 1. The van der Waals surface area contributed by atoms with E-state index in [4.69, 9.17) is 5.73 Å². The van der Waals surface area contributed by atoms with Gasteiger partial charge in [-0.15, -0.1) is 0 Å². The highest BCUT2D eigenvalue weighted by Crippen LogP contribution is 2.06. The summed E-state index contributed by atoms with van der Waals surface area (Å²) in [5.74, 6) is -0.616. The smallest absolute Gasteiger partial charge is 0.332 e. The van der Waals surface area contributed by atoms with E-state index in [2.05, 4.69) is 20.3 Å². The molecule has 1 amide bonds. The van der Waals surface area contributed by atoms with Crippen LogP contribution >= 0.6 is 0 Å². The molecule has 0 saturated carbocycles. The summed E-state index contributed by atoms with van der Waals surface area (Å²) >= 11 is 0. The molecular formula is C13H16N4O4. The van der Waals surface area contributed by atoms with Crippen LogP contribution in [0.3, 0.4) is 0 Å². The number of hydrogen-bond donors (Lipinski definition) is 2. The van der Waals surface area contributed by atoms with Gasteiger partial charge in [0.05, 0.1) is 0 Å². The maximum atomic E-state index is 11.5. The third-order valence-electron chi connectivity index (χ3n) is 2.30. The summed E-state index contributed by atoms with van der Waals surface area (Å²) in [5.41, 5.74) is 6.03. The number of amides is 1. The van der Waals surface area contributed by atoms with Gasteiger partial charge in [0.1, 0.15) is 11.6 Å². The van der Waals surface area contributed by atoms with Crippen molar-refractivity contribution in [1.29, 1.82) is 0 Å². The summed E-state index contributed by atoms with van der Waals surface area (Å²) in [7, 11) is 0. The second kappa shape index (κ2) is 7.73. The molecule has 112 valence electrons. The number of anilines is 1. The van der Waals surface area contributed by atoms with Crippen LogP contribution in [0.15, 0.2) is 23.5 Å². The van der Waals surface area contributed by atoms with Gasteiger partial charge in [-0.05, 0) is 19.1 Å². The van der Waals surface area contributed by atoms with Crippen molar-refractivity contribution < 1.29 is 19.2 Å². The molecule has 0 saturated heterocycles. The second-order valence-electron chi connectivity index (χ2n) is 4.24. The molecule has 1 rings (SSSR count). The van der Waals surface area contributed by atoms with Gasteiger partial charge in [0.25, 0.3) is 0 Å². The lowest BCUT2D eigenvalue weighted by molar-refractivity contribution is -0.141. The highest BCUT2D eigenvalue weighted by molar-refractivity contribution is 5.97. The quantitative estimate of drug-likeness (QED) is 0.342. The lowest BCUT2D eigenvalue weighted by atomic mass is 10.2. The summed E-state index contributed by atoms with van der Waals surface area (Å²) in [4.78, 5) is 41.2. The molecule has 0 aliphatic carbocycles. The summed E-state index contributed by atoms with van der Waals surface area (Å²) in [6, 6.07) is 3.09. The molecule has 1 heterocycles. The molecule has 21 heavy (non-hydrogen) atoms. The highest BCUT2D eigenvalue weighted by Gasteiger charge is 2.06. The molecule has 8 nitrogen and oxygen atoms in total. The Labute approximate surface area is 121 Å². The first kappa shape index (κ1) is 16.3. The topological polar surface area (TPSA) is 124 Å². The summed E-state index contributed by atoms with van der Waals surface area (Å²) < 4.78 is 0. The fraction of sp³-hybridized carbons (Fsp3) is 0.308. The summed E-state index contributed by atoms with van der Waals surface area (Å²) in [6.07, 6.45) is 1.67. The van der Waals surface area contributed by atoms with Crippen LogP contribution in [0.2, 0.25) is 0 Å². The standard InChI is InChI=1S/C13H16N4O4/c1-8(18)3-6-12(20)16-11-5-4-10(7-15-11)13(14)17-21-9(2)19/h4-5,7H,3,6H2,1-2H3,(H2,14,17)(H,15,16,20). The van der Waals surface area contributed by atoms with E-state index in [9.17, 15) is 14.4 Å². The van der Waals surface area contributed by atoms with Crippen LogP contribution in [0.4, 0.5) is 5.82 Å². The largest absolute Gasteiger partial charge is 0.380 e. The third kappa shape index (κ3) is 6.28. The Morgan fingerprint density at radius 1 is 1.29 bits per heavy atom. The maximum Gasteiger partial charge on any atom is 0.332 e. The van der Waals surface area contributed by atoms with Gasteiger partial charge in [0, 0.05) is 31.5 Å². The van der Waals surface area contributed by atoms with Crippen molar-refractivity contribution in [1.82, 2.24) is 4.98 Å². The Morgan fingerprint density at radius 2 is 2.00 bits per heavy atom. The predicted molar refractivity (Wildman–Crippen MR) is 75.3 cm³/mol. The van der Waals surface area contributed by atoms with Gasteiger partial charge in [-0.25, -0.2) is 9.78 Å². The van der Waals surface area contributed by atoms with Crippen molar-refractivity contribution in [3.63, 3.8) is 0 Å². The van der Waals surface area contributed by atoms with Gasteiger partial charge >= 0.3 is 5.97 Å². The number of carbonyl (C=O) groups excluding carboxylic acids is 3. The highest BCUT2D eigenvalue weighted by atomic mass is 16.7. The van der Waals surface area contributed by atoms with E-state index in [0.29, 0.717) is 11.4 Å². The fourth-order valence-corrected chi connectivity index (χ4v) is 1.28. The van der Waals surface area contributed by atoms with E-state index in [1.165, 1.54) is 26.1 Å². The number of rotatable bonds is 6. The number of oxime groups is 1. The number of amidine groups is 1. The number of ketones is 1. The fourth-order valence-electron chi connectivity index (χ4n) is 1.28. The molecule has 0 atom stereocenters. The first-order valence-corrected chi connectivity index (χ1v) is 6.15. The first-order chi connectivity index (χ1) is 9.88. The minimum atomic E-state index is -0.583. The molecule has 1 aromatic heterocycles. The van der Waals surface area contributed by atoms with E-state index in [0.717, 1.165) is 0 Å². The van der Waals surface area contributed by atoms with Crippen molar-refractivity contribution >= 4 is 29.3 Å². The number of carbonyl (C=O) groups is 3. The zero-order valence-corrected chi connectivity index (χ0v) is 11.8. The van der Waals surface area contributed by atoms with Crippen molar-refractivity contribution in [2.75, 3.05) is 5.32 Å². The Balaban J connectivity index is 2.61. The van der Waals surface area contributed by atoms with E-state index in [-0.39, 0.29) is 30.4 Å². The van der Waals surface area contributed by atoms with Crippen molar-refractivity contribution in [2.45, 2.75) is 26.7 Å².